The Morgan fingerprint density at radius 2 is 1.71 bits per heavy atom. The lowest BCUT2D eigenvalue weighted by atomic mass is 9.73. The maximum atomic E-state index is 12.7. The molecule has 9 heteroatoms. The van der Waals surface area contributed by atoms with Crippen LogP contribution < -0.4 is 4.74 Å². The topological polar surface area (TPSA) is 99.1 Å². The Labute approximate surface area is 207 Å². The smallest absolute Gasteiger partial charge is 0.333 e. The fourth-order valence-electron chi connectivity index (χ4n) is 3.88. The van der Waals surface area contributed by atoms with Crippen molar-refractivity contribution in [2.24, 2.45) is 5.41 Å². The number of carboxylic acids is 1. The molecular weight excluding hydrogens is 480 g/mol. The number of alkyl halides is 1. The predicted octanol–water partition coefficient (Wildman–Crippen LogP) is 4.84. The van der Waals surface area contributed by atoms with E-state index in [2.05, 4.69) is 0 Å². The van der Waals surface area contributed by atoms with Gasteiger partial charge in [0.2, 0.25) is 0 Å². The summed E-state index contributed by atoms with van der Waals surface area (Å²) in [7, 11) is -2.40. The zero-order valence-corrected chi connectivity index (χ0v) is 21.5. The number of hydrogen-bond acceptors (Lipinski definition) is 6. The van der Waals surface area contributed by atoms with Crippen LogP contribution in [0.15, 0.2) is 54.6 Å². The Morgan fingerprint density at radius 3 is 2.24 bits per heavy atom. The van der Waals surface area contributed by atoms with E-state index in [1.807, 2.05) is 37.3 Å². The van der Waals surface area contributed by atoms with E-state index >= 15 is 0 Å². The van der Waals surface area contributed by atoms with Crippen LogP contribution in [-0.4, -0.2) is 50.4 Å². The fourth-order valence-corrected chi connectivity index (χ4v) is 5.49. The Balaban J connectivity index is 2.36. The van der Waals surface area contributed by atoms with E-state index in [1.165, 1.54) is 0 Å². The van der Waals surface area contributed by atoms with Gasteiger partial charge in [-0.25, -0.2) is 4.79 Å². The maximum absolute atomic E-state index is 12.7. The van der Waals surface area contributed by atoms with Gasteiger partial charge in [0.05, 0.1) is 25.6 Å². The van der Waals surface area contributed by atoms with Crippen molar-refractivity contribution in [2.45, 2.75) is 51.9 Å². The van der Waals surface area contributed by atoms with Crippen LogP contribution in [0.1, 0.15) is 44.2 Å². The number of benzene rings is 2. The van der Waals surface area contributed by atoms with Crippen molar-refractivity contribution in [3.8, 4) is 5.75 Å². The van der Waals surface area contributed by atoms with E-state index < -0.39 is 39.6 Å². The zero-order chi connectivity index (χ0) is 25.4. The Hall–Kier alpha value is -2.13. The zero-order valence-electron chi connectivity index (χ0n) is 19.9. The lowest BCUT2D eigenvalue weighted by molar-refractivity contribution is -0.167. The maximum Gasteiger partial charge on any atom is 0.333 e. The van der Waals surface area contributed by atoms with Gasteiger partial charge in [-0.3, -0.25) is 4.18 Å². The van der Waals surface area contributed by atoms with Crippen molar-refractivity contribution >= 4 is 27.7 Å². The van der Waals surface area contributed by atoms with Gasteiger partial charge in [-0.1, -0.05) is 63.2 Å². The average Bonchev–Trinajstić information content (AvgIpc) is 2.81. The third-order valence-electron chi connectivity index (χ3n) is 5.77. The molecule has 2 rings (SSSR count). The van der Waals surface area contributed by atoms with Crippen LogP contribution in [0.4, 0.5) is 0 Å². The van der Waals surface area contributed by atoms with E-state index in [0.29, 0.717) is 5.75 Å². The fraction of sp³-hybridized carbons (Fsp3) is 0.480. The van der Waals surface area contributed by atoms with Gasteiger partial charge in [0.15, 0.2) is 6.10 Å². The van der Waals surface area contributed by atoms with Gasteiger partial charge in [0, 0.05) is 17.2 Å². The summed E-state index contributed by atoms with van der Waals surface area (Å²) >= 11 is 5.68. The molecule has 0 saturated carbocycles. The summed E-state index contributed by atoms with van der Waals surface area (Å²) in [5, 5.41) is 10.0. The lowest BCUT2D eigenvalue weighted by Gasteiger charge is -2.41. The SMILES string of the molecule is COc1ccc(CO[C@@H](C(=O)O)C(C)(C)C(OS(=O)(=O)CCCCl)C(C)c2ccccc2)cc1. The van der Waals surface area contributed by atoms with Crippen LogP contribution in [-0.2, 0) is 30.4 Å². The van der Waals surface area contributed by atoms with Gasteiger partial charge >= 0.3 is 5.97 Å². The molecular formula is C25H33ClO7S. The largest absolute Gasteiger partial charge is 0.497 e. The van der Waals surface area contributed by atoms with E-state index in [0.717, 1.165) is 11.1 Å². The van der Waals surface area contributed by atoms with Gasteiger partial charge in [-0.05, 0) is 29.7 Å². The summed E-state index contributed by atoms with van der Waals surface area (Å²) in [6.45, 7) is 5.15. The number of hydrogen-bond donors (Lipinski definition) is 1. The molecule has 0 aromatic heterocycles. The highest BCUT2D eigenvalue weighted by atomic mass is 35.5. The van der Waals surface area contributed by atoms with E-state index in [4.69, 9.17) is 25.3 Å². The van der Waals surface area contributed by atoms with Crippen molar-refractivity contribution in [1.29, 1.82) is 0 Å². The minimum atomic E-state index is -3.96. The summed E-state index contributed by atoms with van der Waals surface area (Å²) in [5.74, 6) is -1.05. The van der Waals surface area contributed by atoms with E-state index in [1.54, 1.807) is 45.2 Å². The van der Waals surface area contributed by atoms with Gasteiger partial charge < -0.3 is 14.6 Å². The second-order valence-electron chi connectivity index (χ2n) is 8.72. The molecule has 188 valence electrons. The molecule has 0 amide bonds. The molecule has 3 atom stereocenters. The van der Waals surface area contributed by atoms with Crippen LogP contribution in [0.2, 0.25) is 0 Å². The van der Waals surface area contributed by atoms with Gasteiger partial charge in [-0.2, -0.15) is 8.42 Å². The van der Waals surface area contributed by atoms with Crippen molar-refractivity contribution in [2.75, 3.05) is 18.7 Å². The van der Waals surface area contributed by atoms with Gasteiger partial charge in [-0.15, -0.1) is 11.6 Å². The van der Waals surface area contributed by atoms with Gasteiger partial charge in [0.1, 0.15) is 5.75 Å². The molecule has 0 saturated heterocycles. The third-order valence-corrected chi connectivity index (χ3v) is 7.32. The molecule has 2 aromatic rings. The molecule has 1 N–H and O–H groups in total. The average molecular weight is 513 g/mol. The predicted molar refractivity (Wildman–Crippen MR) is 132 cm³/mol. The Kier molecular flexibility index (Phi) is 10.4. The first-order valence-corrected chi connectivity index (χ1v) is 13.1. The van der Waals surface area contributed by atoms with Crippen LogP contribution in [0.3, 0.4) is 0 Å². The first kappa shape index (κ1) is 28.1. The van der Waals surface area contributed by atoms with Crippen LogP contribution in [0, 0.1) is 5.41 Å². The molecule has 2 unspecified atom stereocenters. The highest BCUT2D eigenvalue weighted by Gasteiger charge is 2.47. The second-order valence-corrected chi connectivity index (χ2v) is 10.8. The lowest BCUT2D eigenvalue weighted by Crippen LogP contribution is -2.50. The van der Waals surface area contributed by atoms with E-state index in [-0.39, 0.29) is 24.7 Å². The van der Waals surface area contributed by atoms with Crippen molar-refractivity contribution in [1.82, 2.24) is 0 Å². The van der Waals surface area contributed by atoms with Crippen LogP contribution in [0.25, 0.3) is 0 Å². The van der Waals surface area contributed by atoms with Crippen molar-refractivity contribution in [3.63, 3.8) is 0 Å². The van der Waals surface area contributed by atoms with Crippen LogP contribution >= 0.6 is 11.6 Å². The minimum Gasteiger partial charge on any atom is -0.497 e. The molecule has 7 nitrogen and oxygen atoms in total. The molecule has 0 aliphatic carbocycles. The standard InChI is InChI=1S/C25H33ClO7S/c1-18(20-9-6-5-7-10-20)22(33-34(29,30)16-8-15-26)25(2,3)23(24(27)28)32-17-19-11-13-21(31-4)14-12-19/h5-7,9-14,18,22-23H,8,15-17H2,1-4H3,(H,27,28)/t18?,22?,23-/m0/s1. The Morgan fingerprint density at radius 1 is 1.09 bits per heavy atom. The number of ether oxygens (including phenoxy) is 2. The van der Waals surface area contributed by atoms with Crippen molar-refractivity contribution < 1.29 is 32.0 Å². The monoisotopic (exact) mass is 512 g/mol. The summed E-state index contributed by atoms with van der Waals surface area (Å²) < 4.78 is 42.2. The number of carboxylic acid groups (broad SMARTS) is 1. The Bertz CT molecular complexity index is 1010. The number of aliphatic carboxylic acids is 1. The molecule has 0 heterocycles. The summed E-state index contributed by atoms with van der Waals surface area (Å²) in [5.41, 5.74) is 0.361. The molecule has 2 aromatic carbocycles. The summed E-state index contributed by atoms with van der Waals surface area (Å²) in [4.78, 5) is 12.3. The normalized spacial score (nSPS) is 14.9. The molecule has 0 fully saturated rings. The highest BCUT2D eigenvalue weighted by molar-refractivity contribution is 7.86. The number of methoxy groups -OCH3 is 1. The quantitative estimate of drug-likeness (QED) is 0.285. The number of rotatable bonds is 14. The van der Waals surface area contributed by atoms with Crippen LogP contribution in [0.5, 0.6) is 5.75 Å². The third kappa shape index (κ3) is 7.70. The van der Waals surface area contributed by atoms with Gasteiger partial charge in [0.25, 0.3) is 10.1 Å². The van der Waals surface area contributed by atoms with Crippen molar-refractivity contribution in [3.05, 3.63) is 65.7 Å². The summed E-state index contributed by atoms with van der Waals surface area (Å²) in [6, 6.07) is 16.3. The second kappa shape index (κ2) is 12.5. The highest BCUT2D eigenvalue weighted by Crippen LogP contribution is 2.40. The molecule has 34 heavy (non-hydrogen) atoms. The number of carbonyl (C=O) groups is 1. The first-order chi connectivity index (χ1) is 16.0. The number of halogens is 1. The van der Waals surface area contributed by atoms with E-state index in [9.17, 15) is 18.3 Å². The molecule has 0 aliphatic rings. The minimum absolute atomic E-state index is 0.0236. The molecule has 0 radical (unpaired) electrons. The summed E-state index contributed by atoms with van der Waals surface area (Å²) in [6.07, 6.45) is -2.12. The molecule has 0 bridgehead atoms. The molecule has 0 spiro atoms. The first-order valence-electron chi connectivity index (χ1n) is 11.0. The molecule has 0 aliphatic heterocycles.